The van der Waals surface area contributed by atoms with Crippen molar-refractivity contribution in [2.45, 2.75) is 0 Å². The smallest absolute Gasteiger partial charge is 0.267 e. The van der Waals surface area contributed by atoms with Crippen molar-refractivity contribution < 1.29 is 4.79 Å². The average Bonchev–Trinajstić information content (AvgIpc) is 3.17. The molecule has 0 atom stereocenters. The van der Waals surface area contributed by atoms with Crippen LogP contribution in [0.2, 0.25) is 0 Å². The van der Waals surface area contributed by atoms with Crippen LogP contribution >= 0.6 is 11.3 Å². The molecule has 0 aliphatic rings. The molecule has 116 valence electrons. The van der Waals surface area contributed by atoms with E-state index in [1.54, 1.807) is 48.1 Å². The van der Waals surface area contributed by atoms with Gasteiger partial charge in [0.15, 0.2) is 0 Å². The Labute approximate surface area is 140 Å². The molecule has 24 heavy (non-hydrogen) atoms. The summed E-state index contributed by atoms with van der Waals surface area (Å²) in [7, 11) is 0. The van der Waals surface area contributed by atoms with E-state index in [-0.39, 0.29) is 0 Å². The lowest BCUT2D eigenvalue weighted by Crippen LogP contribution is -2.30. The van der Waals surface area contributed by atoms with Crippen LogP contribution in [0.15, 0.2) is 71.1 Å². The van der Waals surface area contributed by atoms with Crippen molar-refractivity contribution in [3.63, 3.8) is 0 Å². The van der Waals surface area contributed by atoms with Gasteiger partial charge in [-0.3, -0.25) is 14.6 Å². The Kier molecular flexibility index (Phi) is 3.51. The Balaban J connectivity index is 2.04. The van der Waals surface area contributed by atoms with E-state index in [2.05, 4.69) is 10.1 Å². The SMILES string of the molecule is O=C(c1cccs1)n1nc(-c2cccnc2)c2ccccc2c1=O. The van der Waals surface area contributed by atoms with E-state index < -0.39 is 11.5 Å². The number of carbonyl (C=O) groups excluding carboxylic acids is 1. The van der Waals surface area contributed by atoms with Crippen LogP contribution < -0.4 is 5.56 Å². The van der Waals surface area contributed by atoms with Gasteiger partial charge in [0.25, 0.3) is 11.5 Å². The molecular weight excluding hydrogens is 322 g/mol. The Hall–Kier alpha value is -3.12. The maximum atomic E-state index is 12.7. The monoisotopic (exact) mass is 333 g/mol. The molecule has 0 radical (unpaired) electrons. The van der Waals surface area contributed by atoms with Crippen molar-refractivity contribution in [2.24, 2.45) is 0 Å². The summed E-state index contributed by atoms with van der Waals surface area (Å²) in [5, 5.41) is 7.30. The predicted molar refractivity (Wildman–Crippen MR) is 93.3 cm³/mol. The van der Waals surface area contributed by atoms with Gasteiger partial charge in [0.2, 0.25) is 0 Å². The molecule has 0 bridgehead atoms. The van der Waals surface area contributed by atoms with Gasteiger partial charge in [-0.05, 0) is 29.6 Å². The Morgan fingerprint density at radius 2 is 1.83 bits per heavy atom. The van der Waals surface area contributed by atoms with Crippen molar-refractivity contribution in [1.82, 2.24) is 14.8 Å². The van der Waals surface area contributed by atoms with E-state index in [0.29, 0.717) is 21.3 Å². The summed E-state index contributed by atoms with van der Waals surface area (Å²) in [6, 6.07) is 14.2. The fourth-order valence-electron chi connectivity index (χ4n) is 2.55. The molecule has 0 amide bonds. The van der Waals surface area contributed by atoms with Crippen LogP contribution in [0.25, 0.3) is 22.0 Å². The van der Waals surface area contributed by atoms with Gasteiger partial charge in [0.05, 0.1) is 10.3 Å². The third kappa shape index (κ3) is 2.33. The second-order valence-corrected chi connectivity index (χ2v) is 6.08. The number of carbonyl (C=O) groups is 1. The van der Waals surface area contributed by atoms with Crippen LogP contribution in [-0.2, 0) is 0 Å². The fourth-order valence-corrected chi connectivity index (χ4v) is 3.20. The summed E-state index contributed by atoms with van der Waals surface area (Å²) in [5.41, 5.74) is 0.890. The van der Waals surface area contributed by atoms with Gasteiger partial charge in [-0.1, -0.05) is 24.3 Å². The van der Waals surface area contributed by atoms with E-state index in [9.17, 15) is 9.59 Å². The average molecular weight is 333 g/mol. The first-order chi connectivity index (χ1) is 11.8. The van der Waals surface area contributed by atoms with Gasteiger partial charge in [-0.2, -0.15) is 9.78 Å². The van der Waals surface area contributed by atoms with Crippen LogP contribution in [0.3, 0.4) is 0 Å². The van der Waals surface area contributed by atoms with Gasteiger partial charge in [-0.25, -0.2) is 0 Å². The van der Waals surface area contributed by atoms with Crippen molar-refractivity contribution >= 4 is 28.0 Å². The summed E-state index contributed by atoms with van der Waals surface area (Å²) >= 11 is 1.28. The van der Waals surface area contributed by atoms with Crippen molar-refractivity contribution in [3.05, 3.63) is 81.5 Å². The zero-order valence-corrected chi connectivity index (χ0v) is 13.2. The minimum atomic E-state index is -0.425. The largest absolute Gasteiger partial charge is 0.291 e. The highest BCUT2D eigenvalue weighted by Gasteiger charge is 2.18. The molecule has 4 aromatic rings. The summed E-state index contributed by atoms with van der Waals surface area (Å²) < 4.78 is 0.941. The molecule has 1 aromatic carbocycles. The summed E-state index contributed by atoms with van der Waals surface area (Å²) in [6.45, 7) is 0. The zero-order valence-electron chi connectivity index (χ0n) is 12.4. The van der Waals surface area contributed by atoms with E-state index in [1.165, 1.54) is 11.3 Å². The van der Waals surface area contributed by atoms with Crippen molar-refractivity contribution in [1.29, 1.82) is 0 Å². The number of hydrogen-bond donors (Lipinski definition) is 0. The molecule has 0 saturated heterocycles. The Morgan fingerprint density at radius 1 is 1.00 bits per heavy atom. The number of aromatic nitrogens is 3. The summed E-state index contributed by atoms with van der Waals surface area (Å²) in [4.78, 5) is 29.9. The Bertz CT molecular complexity index is 1090. The van der Waals surface area contributed by atoms with Crippen LogP contribution in [0, 0.1) is 0 Å². The molecule has 0 unspecified atom stereocenters. The van der Waals surface area contributed by atoms with E-state index in [4.69, 9.17) is 0 Å². The van der Waals surface area contributed by atoms with Crippen molar-refractivity contribution in [2.75, 3.05) is 0 Å². The molecule has 0 N–H and O–H groups in total. The van der Waals surface area contributed by atoms with Crippen LogP contribution in [0.5, 0.6) is 0 Å². The van der Waals surface area contributed by atoms with Crippen LogP contribution in [-0.4, -0.2) is 20.7 Å². The summed E-state index contributed by atoms with van der Waals surface area (Å²) in [5.74, 6) is -0.425. The number of pyridine rings is 1. The first kappa shape index (κ1) is 14.5. The molecule has 3 heterocycles. The van der Waals surface area contributed by atoms with E-state index in [1.807, 2.05) is 18.2 Å². The topological polar surface area (TPSA) is 64.8 Å². The lowest BCUT2D eigenvalue weighted by molar-refractivity contribution is 0.0944. The maximum absolute atomic E-state index is 12.7. The molecule has 4 rings (SSSR count). The highest BCUT2D eigenvalue weighted by Crippen LogP contribution is 2.24. The van der Waals surface area contributed by atoms with Crippen LogP contribution in [0.1, 0.15) is 9.67 Å². The molecule has 0 spiro atoms. The molecular formula is C18H11N3O2S. The number of fused-ring (bicyclic) bond motifs is 1. The molecule has 0 saturated carbocycles. The molecule has 5 nitrogen and oxygen atoms in total. The van der Waals surface area contributed by atoms with E-state index in [0.717, 1.165) is 10.2 Å². The van der Waals surface area contributed by atoms with Gasteiger partial charge in [0, 0.05) is 23.3 Å². The minimum absolute atomic E-state index is 0.420. The third-order valence-electron chi connectivity index (χ3n) is 3.66. The highest BCUT2D eigenvalue weighted by molar-refractivity contribution is 7.12. The molecule has 6 heteroatoms. The Morgan fingerprint density at radius 3 is 2.54 bits per heavy atom. The van der Waals surface area contributed by atoms with Gasteiger partial charge in [0.1, 0.15) is 5.69 Å². The summed E-state index contributed by atoms with van der Waals surface area (Å²) in [6.07, 6.45) is 3.33. The highest BCUT2D eigenvalue weighted by atomic mass is 32.1. The van der Waals surface area contributed by atoms with Gasteiger partial charge >= 0.3 is 0 Å². The maximum Gasteiger partial charge on any atom is 0.291 e. The second kappa shape index (κ2) is 5.82. The fraction of sp³-hybridized carbons (Fsp3) is 0. The molecule has 0 aliphatic heterocycles. The standard InChI is InChI=1S/C18H11N3O2S/c22-17-14-7-2-1-6-13(14)16(12-5-3-9-19-11-12)20-21(17)18(23)15-8-4-10-24-15/h1-11H. The molecule has 0 aliphatic carbocycles. The van der Waals surface area contributed by atoms with Gasteiger partial charge in [-0.15, -0.1) is 11.3 Å². The lowest BCUT2D eigenvalue weighted by atomic mass is 10.1. The second-order valence-electron chi connectivity index (χ2n) is 5.14. The predicted octanol–water partition coefficient (Wildman–Crippen LogP) is 3.21. The minimum Gasteiger partial charge on any atom is -0.267 e. The normalized spacial score (nSPS) is 10.8. The van der Waals surface area contributed by atoms with Crippen molar-refractivity contribution in [3.8, 4) is 11.3 Å². The zero-order chi connectivity index (χ0) is 16.5. The quantitative estimate of drug-likeness (QED) is 0.565. The number of thiophene rings is 1. The lowest BCUT2D eigenvalue weighted by Gasteiger charge is -2.09. The van der Waals surface area contributed by atoms with Crippen LogP contribution in [0.4, 0.5) is 0 Å². The third-order valence-corrected chi connectivity index (χ3v) is 4.52. The molecule has 3 aromatic heterocycles. The number of rotatable bonds is 2. The number of benzene rings is 1. The first-order valence-electron chi connectivity index (χ1n) is 7.26. The molecule has 0 fully saturated rings. The number of hydrogen-bond acceptors (Lipinski definition) is 5. The number of nitrogens with zero attached hydrogens (tertiary/aromatic N) is 3. The van der Waals surface area contributed by atoms with Gasteiger partial charge < -0.3 is 0 Å². The first-order valence-corrected chi connectivity index (χ1v) is 8.14. The van der Waals surface area contributed by atoms with E-state index >= 15 is 0 Å².